The van der Waals surface area contributed by atoms with E-state index in [9.17, 15) is 10.1 Å². The van der Waals surface area contributed by atoms with Crippen LogP contribution in [0, 0.1) is 18.3 Å². The molecule has 2 aromatic rings. The van der Waals surface area contributed by atoms with Gasteiger partial charge in [-0.1, -0.05) is 30.3 Å². The Morgan fingerprint density at radius 3 is 2.60 bits per heavy atom. The molecule has 1 amide bonds. The van der Waals surface area contributed by atoms with Crippen LogP contribution < -0.4 is 0 Å². The van der Waals surface area contributed by atoms with Gasteiger partial charge in [-0.2, -0.15) is 5.26 Å². The number of nitriles is 1. The molecule has 0 aliphatic rings. The quantitative estimate of drug-likeness (QED) is 0.856. The molecule has 1 aromatic carbocycles. The molecule has 1 unspecified atom stereocenters. The van der Waals surface area contributed by atoms with Gasteiger partial charge in [-0.05, 0) is 18.6 Å². The topological polar surface area (TPSA) is 57.2 Å². The van der Waals surface area contributed by atoms with Crippen LogP contribution in [0.15, 0.2) is 47.1 Å². The molecule has 20 heavy (non-hydrogen) atoms. The summed E-state index contributed by atoms with van der Waals surface area (Å²) < 4.78 is 5.21. The molecule has 0 saturated carbocycles. The highest BCUT2D eigenvalue weighted by Crippen LogP contribution is 2.19. The van der Waals surface area contributed by atoms with Gasteiger partial charge in [0.2, 0.25) is 5.91 Å². The third kappa shape index (κ3) is 2.89. The van der Waals surface area contributed by atoms with E-state index in [0.717, 1.165) is 16.9 Å². The van der Waals surface area contributed by atoms with Gasteiger partial charge in [-0.25, -0.2) is 0 Å². The first-order chi connectivity index (χ1) is 9.63. The SMILES string of the molecule is Cc1occc1CN(C)C(=O)C(C#N)c1ccccc1. The van der Waals surface area contributed by atoms with E-state index in [0.29, 0.717) is 6.54 Å². The minimum Gasteiger partial charge on any atom is -0.469 e. The standard InChI is InChI=1S/C16H16N2O2/c1-12-14(8-9-20-12)11-18(2)16(19)15(10-17)13-6-4-3-5-7-13/h3-9,15H,11H2,1-2H3. The summed E-state index contributed by atoms with van der Waals surface area (Å²) >= 11 is 0. The summed E-state index contributed by atoms with van der Waals surface area (Å²) in [6.07, 6.45) is 1.60. The van der Waals surface area contributed by atoms with Crippen LogP contribution in [0.25, 0.3) is 0 Å². The Labute approximate surface area is 118 Å². The molecule has 2 rings (SSSR count). The van der Waals surface area contributed by atoms with E-state index >= 15 is 0 Å². The van der Waals surface area contributed by atoms with E-state index in [1.165, 1.54) is 0 Å². The number of benzene rings is 1. The Morgan fingerprint density at radius 1 is 1.35 bits per heavy atom. The van der Waals surface area contributed by atoms with Crippen LogP contribution in [0.4, 0.5) is 0 Å². The van der Waals surface area contributed by atoms with Gasteiger partial charge in [0.25, 0.3) is 0 Å². The molecule has 4 heteroatoms. The first kappa shape index (κ1) is 13.9. The van der Waals surface area contributed by atoms with Crippen molar-refractivity contribution in [3.05, 3.63) is 59.5 Å². The lowest BCUT2D eigenvalue weighted by Gasteiger charge is -2.20. The van der Waals surface area contributed by atoms with Gasteiger partial charge < -0.3 is 9.32 Å². The fraction of sp³-hybridized carbons (Fsp3) is 0.250. The number of amides is 1. The highest BCUT2D eigenvalue weighted by molar-refractivity contribution is 5.86. The molecule has 0 N–H and O–H groups in total. The van der Waals surface area contributed by atoms with Gasteiger partial charge in [0.15, 0.2) is 0 Å². The van der Waals surface area contributed by atoms with Gasteiger partial charge in [-0.15, -0.1) is 0 Å². The maximum Gasteiger partial charge on any atom is 0.244 e. The van der Waals surface area contributed by atoms with E-state index in [4.69, 9.17) is 4.42 Å². The Hall–Kier alpha value is -2.54. The third-order valence-electron chi connectivity index (χ3n) is 3.26. The van der Waals surface area contributed by atoms with Gasteiger partial charge in [0.1, 0.15) is 11.7 Å². The Kier molecular flexibility index (Phi) is 4.21. The van der Waals surface area contributed by atoms with Crippen molar-refractivity contribution in [2.45, 2.75) is 19.4 Å². The van der Waals surface area contributed by atoms with Crippen LogP contribution in [-0.2, 0) is 11.3 Å². The fourth-order valence-corrected chi connectivity index (χ4v) is 2.05. The summed E-state index contributed by atoms with van der Waals surface area (Å²) in [7, 11) is 1.70. The lowest BCUT2D eigenvalue weighted by molar-refractivity contribution is -0.130. The molecule has 102 valence electrons. The second kappa shape index (κ2) is 6.07. The first-order valence-corrected chi connectivity index (χ1v) is 6.36. The van der Waals surface area contributed by atoms with Crippen LogP contribution in [0.1, 0.15) is 22.8 Å². The molecule has 0 spiro atoms. The number of carbonyl (C=O) groups is 1. The minimum absolute atomic E-state index is 0.209. The monoisotopic (exact) mass is 268 g/mol. The number of nitrogens with zero attached hydrogens (tertiary/aromatic N) is 2. The van der Waals surface area contributed by atoms with Crippen molar-refractivity contribution < 1.29 is 9.21 Å². The summed E-state index contributed by atoms with van der Waals surface area (Å²) in [6, 6.07) is 13.0. The van der Waals surface area contributed by atoms with Crippen molar-refractivity contribution in [3.8, 4) is 6.07 Å². The predicted molar refractivity (Wildman–Crippen MR) is 74.7 cm³/mol. The van der Waals surface area contributed by atoms with Crippen LogP contribution in [0.2, 0.25) is 0 Å². The van der Waals surface area contributed by atoms with Gasteiger partial charge in [0.05, 0.1) is 12.3 Å². The van der Waals surface area contributed by atoms with Crippen LogP contribution >= 0.6 is 0 Å². The Balaban J connectivity index is 2.13. The van der Waals surface area contributed by atoms with Crippen LogP contribution in [0.5, 0.6) is 0 Å². The van der Waals surface area contributed by atoms with Gasteiger partial charge >= 0.3 is 0 Å². The molecule has 0 aliphatic carbocycles. The summed E-state index contributed by atoms with van der Waals surface area (Å²) in [6.45, 7) is 2.29. The zero-order valence-corrected chi connectivity index (χ0v) is 11.5. The predicted octanol–water partition coefficient (Wildman–Crippen LogP) is 2.85. The second-order valence-corrected chi connectivity index (χ2v) is 4.67. The number of furan rings is 1. The van der Waals surface area contributed by atoms with E-state index in [2.05, 4.69) is 6.07 Å². The maximum atomic E-state index is 12.4. The van der Waals surface area contributed by atoms with Crippen molar-refractivity contribution in [2.75, 3.05) is 7.05 Å². The zero-order chi connectivity index (χ0) is 14.5. The van der Waals surface area contributed by atoms with Crippen LogP contribution in [-0.4, -0.2) is 17.9 Å². The summed E-state index contributed by atoms with van der Waals surface area (Å²) in [5.74, 6) is -0.189. The van der Waals surface area contributed by atoms with E-state index in [1.807, 2.05) is 31.2 Å². The molecule has 1 atom stereocenters. The fourth-order valence-electron chi connectivity index (χ4n) is 2.05. The van der Waals surface area contributed by atoms with Crippen molar-refractivity contribution in [3.63, 3.8) is 0 Å². The molecule has 0 radical (unpaired) electrons. The highest BCUT2D eigenvalue weighted by atomic mass is 16.3. The number of rotatable bonds is 4. The molecule has 1 aromatic heterocycles. The molecule has 0 bridgehead atoms. The number of aryl methyl sites for hydroxylation is 1. The van der Waals surface area contributed by atoms with Crippen LogP contribution in [0.3, 0.4) is 0 Å². The third-order valence-corrected chi connectivity index (χ3v) is 3.26. The minimum atomic E-state index is -0.770. The maximum absolute atomic E-state index is 12.4. The molecule has 4 nitrogen and oxygen atoms in total. The number of likely N-dealkylation sites (N-methyl/N-ethyl adjacent to an activating group) is 1. The lowest BCUT2D eigenvalue weighted by Crippen LogP contribution is -2.30. The first-order valence-electron chi connectivity index (χ1n) is 6.36. The second-order valence-electron chi connectivity index (χ2n) is 4.67. The van der Waals surface area contributed by atoms with Crippen molar-refractivity contribution in [1.82, 2.24) is 4.90 Å². The van der Waals surface area contributed by atoms with Crippen molar-refractivity contribution in [2.24, 2.45) is 0 Å². The smallest absolute Gasteiger partial charge is 0.244 e. The molecular formula is C16H16N2O2. The summed E-state index contributed by atoms with van der Waals surface area (Å²) in [5, 5.41) is 9.26. The van der Waals surface area contributed by atoms with E-state index < -0.39 is 5.92 Å². The molecular weight excluding hydrogens is 252 g/mol. The highest BCUT2D eigenvalue weighted by Gasteiger charge is 2.24. The van der Waals surface area contributed by atoms with Crippen molar-refractivity contribution in [1.29, 1.82) is 5.26 Å². The van der Waals surface area contributed by atoms with E-state index in [1.54, 1.807) is 30.3 Å². The largest absolute Gasteiger partial charge is 0.469 e. The van der Waals surface area contributed by atoms with Gasteiger partial charge in [0, 0.05) is 19.2 Å². The summed E-state index contributed by atoms with van der Waals surface area (Å²) in [5.41, 5.74) is 1.67. The van der Waals surface area contributed by atoms with Gasteiger partial charge in [-0.3, -0.25) is 4.79 Å². The number of carbonyl (C=O) groups excluding carboxylic acids is 1. The number of hydrogen-bond acceptors (Lipinski definition) is 3. The average Bonchev–Trinajstić information content (AvgIpc) is 2.86. The Morgan fingerprint density at radius 2 is 2.05 bits per heavy atom. The normalized spacial score (nSPS) is 11.7. The molecule has 1 heterocycles. The molecule has 0 fully saturated rings. The number of hydrogen-bond donors (Lipinski definition) is 0. The molecule has 0 aliphatic heterocycles. The lowest BCUT2D eigenvalue weighted by atomic mass is 9.99. The van der Waals surface area contributed by atoms with E-state index in [-0.39, 0.29) is 5.91 Å². The Bertz CT molecular complexity index is 625. The van der Waals surface area contributed by atoms with Crippen molar-refractivity contribution >= 4 is 5.91 Å². The zero-order valence-electron chi connectivity index (χ0n) is 11.5. The average molecular weight is 268 g/mol. The summed E-state index contributed by atoms with van der Waals surface area (Å²) in [4.78, 5) is 13.9. The molecule has 0 saturated heterocycles.